The molecule has 0 saturated heterocycles. The molecule has 0 aliphatic carbocycles. The van der Waals surface area contributed by atoms with E-state index in [0.29, 0.717) is 0 Å². The van der Waals surface area contributed by atoms with Crippen LogP contribution in [0.15, 0.2) is 0 Å². The van der Waals surface area contributed by atoms with Crippen LogP contribution in [0.5, 0.6) is 0 Å². The van der Waals surface area contributed by atoms with Gasteiger partial charge in [0.25, 0.3) is 0 Å². The first-order valence-electron chi connectivity index (χ1n) is 3.86. The predicted octanol–water partition coefficient (Wildman–Crippen LogP) is 0.918. The van der Waals surface area contributed by atoms with Crippen molar-refractivity contribution in [2.45, 2.75) is 32.0 Å². The Morgan fingerprint density at radius 3 is 2.21 bits per heavy atom. The smallest absolute Gasteiger partial charge is 0.471 e. The van der Waals surface area contributed by atoms with Gasteiger partial charge in [0.05, 0.1) is 6.42 Å². The lowest BCUT2D eigenvalue weighted by Crippen LogP contribution is -2.43. The van der Waals surface area contributed by atoms with Crippen LogP contribution in [0.4, 0.5) is 13.2 Å². The van der Waals surface area contributed by atoms with Crippen LogP contribution in [0.25, 0.3) is 0 Å². The summed E-state index contributed by atoms with van der Waals surface area (Å²) in [5, 5.41) is 9.89. The molecule has 0 unspecified atom stereocenters. The van der Waals surface area contributed by atoms with Crippen LogP contribution in [0.1, 0.15) is 19.8 Å². The van der Waals surface area contributed by atoms with Gasteiger partial charge in [0.15, 0.2) is 0 Å². The molecule has 4 nitrogen and oxygen atoms in total. The second kappa shape index (κ2) is 4.83. The van der Waals surface area contributed by atoms with E-state index < -0.39 is 30.5 Å². The van der Waals surface area contributed by atoms with Crippen LogP contribution in [-0.4, -0.2) is 29.2 Å². The number of carboxylic acids is 1. The molecule has 0 aromatic carbocycles. The minimum atomic E-state index is -4.97. The van der Waals surface area contributed by atoms with E-state index in [1.807, 2.05) is 0 Å². The van der Waals surface area contributed by atoms with Gasteiger partial charge in [0.2, 0.25) is 0 Å². The molecule has 14 heavy (non-hydrogen) atoms. The van der Waals surface area contributed by atoms with E-state index >= 15 is 0 Å². The molecule has 0 saturated carbocycles. The quantitative estimate of drug-likeness (QED) is 0.729. The Labute approximate surface area is 78.1 Å². The second-order valence-corrected chi connectivity index (χ2v) is 2.67. The summed E-state index contributed by atoms with van der Waals surface area (Å²) in [4.78, 5) is 20.6. The Balaban J connectivity index is 4.19. The van der Waals surface area contributed by atoms with Gasteiger partial charge in [-0.05, 0) is 6.42 Å². The molecule has 2 N–H and O–H groups in total. The van der Waals surface area contributed by atoms with Crippen molar-refractivity contribution < 1.29 is 27.9 Å². The normalized spacial score (nSPS) is 13.4. The van der Waals surface area contributed by atoms with E-state index in [2.05, 4.69) is 0 Å². The lowest BCUT2D eigenvalue weighted by Gasteiger charge is -2.15. The number of amides is 1. The molecule has 0 aliphatic heterocycles. The first-order valence-corrected chi connectivity index (χ1v) is 3.86. The average molecular weight is 213 g/mol. The number of hydrogen-bond acceptors (Lipinski definition) is 2. The van der Waals surface area contributed by atoms with E-state index in [4.69, 9.17) is 5.11 Å². The van der Waals surface area contributed by atoms with Crippen molar-refractivity contribution in [2.24, 2.45) is 0 Å². The largest absolute Gasteiger partial charge is 0.481 e. The molecule has 0 heterocycles. The van der Waals surface area contributed by atoms with E-state index in [9.17, 15) is 22.8 Å². The van der Waals surface area contributed by atoms with E-state index in [0.717, 1.165) is 0 Å². The number of alkyl halides is 3. The molecule has 82 valence electrons. The summed E-state index contributed by atoms with van der Waals surface area (Å²) >= 11 is 0. The number of hydrogen-bond donors (Lipinski definition) is 2. The molecule has 0 bridgehead atoms. The first kappa shape index (κ1) is 12.7. The van der Waals surface area contributed by atoms with Crippen LogP contribution in [0.2, 0.25) is 0 Å². The number of rotatable bonds is 4. The lowest BCUT2D eigenvalue weighted by atomic mass is 10.1. The number of nitrogens with one attached hydrogen (secondary N) is 1. The maximum absolute atomic E-state index is 11.7. The van der Waals surface area contributed by atoms with Gasteiger partial charge >= 0.3 is 18.1 Å². The van der Waals surface area contributed by atoms with Crippen molar-refractivity contribution in [1.29, 1.82) is 0 Å². The minimum absolute atomic E-state index is 0.133. The maximum Gasteiger partial charge on any atom is 0.471 e. The van der Waals surface area contributed by atoms with Crippen molar-refractivity contribution in [1.82, 2.24) is 5.32 Å². The van der Waals surface area contributed by atoms with Crippen molar-refractivity contribution in [3.05, 3.63) is 0 Å². The van der Waals surface area contributed by atoms with Gasteiger partial charge in [-0.15, -0.1) is 0 Å². The van der Waals surface area contributed by atoms with E-state index in [-0.39, 0.29) is 6.42 Å². The minimum Gasteiger partial charge on any atom is -0.481 e. The second-order valence-electron chi connectivity index (χ2n) is 2.67. The van der Waals surface area contributed by atoms with Crippen molar-refractivity contribution in [3.8, 4) is 0 Å². The molecule has 1 atom stereocenters. The fourth-order valence-corrected chi connectivity index (χ4v) is 0.775. The Kier molecular flexibility index (Phi) is 4.39. The summed E-state index contributed by atoms with van der Waals surface area (Å²) in [6, 6.07) is -0.985. The molecular formula is C7H10F3NO3. The summed E-state index contributed by atoms with van der Waals surface area (Å²) in [5.41, 5.74) is 0. The maximum atomic E-state index is 11.7. The average Bonchev–Trinajstić information content (AvgIpc) is 2.00. The molecule has 0 aliphatic rings. The lowest BCUT2D eigenvalue weighted by molar-refractivity contribution is -0.174. The third-order valence-corrected chi connectivity index (χ3v) is 1.51. The summed E-state index contributed by atoms with van der Waals surface area (Å²) in [6.07, 6.45) is -5.35. The zero-order chi connectivity index (χ0) is 11.4. The predicted molar refractivity (Wildman–Crippen MR) is 40.5 cm³/mol. The monoisotopic (exact) mass is 213 g/mol. The Hall–Kier alpha value is -1.27. The van der Waals surface area contributed by atoms with Gasteiger partial charge in [-0.1, -0.05) is 6.92 Å². The molecular weight excluding hydrogens is 203 g/mol. The molecule has 0 aromatic rings. The van der Waals surface area contributed by atoms with Gasteiger partial charge in [0, 0.05) is 6.04 Å². The third-order valence-electron chi connectivity index (χ3n) is 1.51. The standard InChI is InChI=1S/C7H10F3NO3/c1-2-4(3-5(12)13)11-6(14)7(8,9)10/h4H,2-3H2,1H3,(H,11,14)(H,12,13)/t4-/m0/s1. The fourth-order valence-electron chi connectivity index (χ4n) is 0.775. The van der Waals surface area contributed by atoms with Crippen molar-refractivity contribution in [3.63, 3.8) is 0 Å². The number of carboxylic acid groups (broad SMARTS) is 1. The topological polar surface area (TPSA) is 66.4 Å². The van der Waals surface area contributed by atoms with Crippen LogP contribution in [0, 0.1) is 0 Å². The van der Waals surface area contributed by atoms with Crippen LogP contribution in [0.3, 0.4) is 0 Å². The van der Waals surface area contributed by atoms with Crippen LogP contribution in [-0.2, 0) is 9.59 Å². The number of carbonyl (C=O) groups is 2. The Morgan fingerprint density at radius 2 is 1.93 bits per heavy atom. The van der Waals surface area contributed by atoms with E-state index in [1.165, 1.54) is 6.92 Å². The summed E-state index contributed by atoms with van der Waals surface area (Å²) in [6.45, 7) is 1.49. The summed E-state index contributed by atoms with van der Waals surface area (Å²) in [5.74, 6) is -3.36. The van der Waals surface area contributed by atoms with E-state index in [1.54, 1.807) is 5.32 Å². The highest BCUT2D eigenvalue weighted by atomic mass is 19.4. The van der Waals surface area contributed by atoms with Gasteiger partial charge in [-0.25, -0.2) is 0 Å². The van der Waals surface area contributed by atoms with Crippen molar-refractivity contribution in [2.75, 3.05) is 0 Å². The van der Waals surface area contributed by atoms with Gasteiger partial charge in [-0.2, -0.15) is 13.2 Å². The highest BCUT2D eigenvalue weighted by Crippen LogP contribution is 2.15. The Bertz CT molecular complexity index is 227. The molecule has 0 rings (SSSR count). The fraction of sp³-hybridized carbons (Fsp3) is 0.714. The molecule has 0 radical (unpaired) electrons. The van der Waals surface area contributed by atoms with Gasteiger partial charge in [-0.3, -0.25) is 9.59 Å². The molecule has 7 heteroatoms. The van der Waals surface area contributed by atoms with Gasteiger partial charge in [0.1, 0.15) is 0 Å². The van der Waals surface area contributed by atoms with Gasteiger partial charge < -0.3 is 10.4 Å². The summed E-state index contributed by atoms with van der Waals surface area (Å²) < 4.78 is 35.2. The molecule has 0 aromatic heterocycles. The van der Waals surface area contributed by atoms with Crippen LogP contribution < -0.4 is 5.32 Å². The molecule has 0 spiro atoms. The van der Waals surface area contributed by atoms with Crippen LogP contribution >= 0.6 is 0 Å². The third kappa shape index (κ3) is 4.68. The number of halogens is 3. The highest BCUT2D eigenvalue weighted by Gasteiger charge is 2.39. The molecule has 0 fully saturated rings. The number of carbonyl (C=O) groups excluding carboxylic acids is 1. The van der Waals surface area contributed by atoms with Crippen molar-refractivity contribution >= 4 is 11.9 Å². The Morgan fingerprint density at radius 1 is 1.43 bits per heavy atom. The highest BCUT2D eigenvalue weighted by molar-refractivity contribution is 5.82. The summed E-state index contributed by atoms with van der Waals surface area (Å²) in [7, 11) is 0. The molecule has 1 amide bonds. The number of aliphatic carboxylic acids is 1. The first-order chi connectivity index (χ1) is 6.27. The SMILES string of the molecule is CC[C@@H](CC(=O)O)NC(=O)C(F)(F)F. The zero-order valence-corrected chi connectivity index (χ0v) is 7.39. The zero-order valence-electron chi connectivity index (χ0n) is 7.39.